The number of nitro benzene ring substituents is 1. The first-order valence-electron chi connectivity index (χ1n) is 9.61. The number of hydrogen-bond donors (Lipinski definition) is 1. The number of fused-ring (bicyclic) bond motifs is 1. The molecule has 0 saturated carbocycles. The Hall–Kier alpha value is -3.49. The number of rotatable bonds is 4. The molecule has 1 atom stereocenters. The Kier molecular flexibility index (Phi) is 5.03. The molecule has 1 aliphatic rings. The molecule has 32 heavy (non-hydrogen) atoms. The number of aromatic nitrogens is 2. The summed E-state index contributed by atoms with van der Waals surface area (Å²) in [5.74, 6) is -0.235. The summed E-state index contributed by atoms with van der Waals surface area (Å²) in [4.78, 5) is 25.8. The smallest absolute Gasteiger partial charge is 0.277 e. The molecule has 4 aromatic rings. The van der Waals surface area contributed by atoms with E-state index in [0.29, 0.717) is 22.1 Å². The van der Waals surface area contributed by atoms with Crippen LogP contribution in [0.25, 0.3) is 11.3 Å². The van der Waals surface area contributed by atoms with Crippen LogP contribution in [0, 0.1) is 10.1 Å². The molecule has 3 aromatic carbocycles. The van der Waals surface area contributed by atoms with Crippen LogP contribution in [0.5, 0.6) is 0 Å². The summed E-state index contributed by atoms with van der Waals surface area (Å²) in [6, 6.07) is 20.4. The summed E-state index contributed by atoms with van der Waals surface area (Å²) >= 11 is 9.49. The zero-order valence-corrected chi connectivity index (χ0v) is 18.7. The molecule has 158 valence electrons. The van der Waals surface area contributed by atoms with Gasteiger partial charge >= 0.3 is 0 Å². The molecule has 9 heteroatoms. The van der Waals surface area contributed by atoms with E-state index < -0.39 is 11.0 Å². The van der Waals surface area contributed by atoms with Crippen molar-refractivity contribution in [2.75, 3.05) is 4.90 Å². The minimum atomic E-state index is -0.517. The average Bonchev–Trinajstić information content (AvgIpc) is 3.34. The molecular formula is C23H14BrClN4O3. The van der Waals surface area contributed by atoms with E-state index >= 15 is 0 Å². The van der Waals surface area contributed by atoms with Gasteiger partial charge in [0.1, 0.15) is 5.69 Å². The number of nitrogens with zero attached hydrogens (tertiary/aromatic N) is 3. The van der Waals surface area contributed by atoms with Crippen LogP contribution < -0.4 is 4.90 Å². The van der Waals surface area contributed by atoms with Crippen LogP contribution in [-0.2, 0) is 0 Å². The minimum Gasteiger partial charge on any atom is -0.295 e. The Labute approximate surface area is 195 Å². The van der Waals surface area contributed by atoms with Gasteiger partial charge in [-0.3, -0.25) is 24.9 Å². The van der Waals surface area contributed by atoms with Crippen LogP contribution in [-0.4, -0.2) is 21.0 Å². The highest BCUT2D eigenvalue weighted by atomic mass is 79.9. The van der Waals surface area contributed by atoms with Crippen molar-refractivity contribution in [1.82, 2.24) is 10.2 Å². The summed E-state index contributed by atoms with van der Waals surface area (Å²) in [5.41, 5.74) is 3.99. The van der Waals surface area contributed by atoms with E-state index in [1.54, 1.807) is 41.3 Å². The Morgan fingerprint density at radius 3 is 2.28 bits per heavy atom. The highest BCUT2D eigenvalue weighted by Crippen LogP contribution is 2.45. The van der Waals surface area contributed by atoms with Crippen molar-refractivity contribution >= 4 is 44.8 Å². The summed E-state index contributed by atoms with van der Waals surface area (Å²) < 4.78 is 0.930. The number of nitrogens with one attached hydrogen (secondary N) is 1. The van der Waals surface area contributed by atoms with Crippen molar-refractivity contribution in [3.8, 4) is 11.3 Å². The fourth-order valence-electron chi connectivity index (χ4n) is 3.94. The van der Waals surface area contributed by atoms with E-state index in [1.165, 1.54) is 12.1 Å². The zero-order chi connectivity index (χ0) is 22.4. The third-order valence-corrected chi connectivity index (χ3v) is 6.19. The molecule has 1 aromatic heterocycles. The van der Waals surface area contributed by atoms with Crippen molar-refractivity contribution in [2.45, 2.75) is 6.04 Å². The van der Waals surface area contributed by atoms with E-state index in [-0.39, 0.29) is 11.6 Å². The molecule has 0 saturated heterocycles. The summed E-state index contributed by atoms with van der Waals surface area (Å²) in [7, 11) is 0. The normalized spacial score (nSPS) is 15.1. The number of benzene rings is 3. The van der Waals surface area contributed by atoms with Gasteiger partial charge in [0.05, 0.1) is 16.7 Å². The number of non-ortho nitro benzene ring substituents is 1. The molecule has 0 radical (unpaired) electrons. The Morgan fingerprint density at radius 2 is 1.66 bits per heavy atom. The highest BCUT2D eigenvalue weighted by Gasteiger charge is 2.43. The fourth-order valence-corrected chi connectivity index (χ4v) is 4.33. The van der Waals surface area contributed by atoms with Crippen LogP contribution in [0.4, 0.5) is 11.4 Å². The molecule has 1 aliphatic heterocycles. The Bertz CT molecular complexity index is 1340. The van der Waals surface area contributed by atoms with E-state index in [4.69, 9.17) is 11.6 Å². The van der Waals surface area contributed by atoms with Crippen LogP contribution in [0.2, 0.25) is 5.02 Å². The van der Waals surface area contributed by atoms with E-state index in [9.17, 15) is 14.9 Å². The Morgan fingerprint density at radius 1 is 1.00 bits per heavy atom. The standard InChI is InChI=1S/C23H14BrClN4O3/c24-15-5-1-13(2-6-15)20-19-21(27-26-20)23(30)28(17-11-7-16(25)8-12-17)22(19)14-3-9-18(10-4-14)29(31)32/h1-12,22H,(H,26,27)/t22-/m1/s1. The fraction of sp³-hybridized carbons (Fsp3) is 0.0435. The van der Waals surface area contributed by atoms with Gasteiger partial charge in [-0.2, -0.15) is 5.10 Å². The van der Waals surface area contributed by atoms with Gasteiger partial charge < -0.3 is 0 Å². The first-order chi connectivity index (χ1) is 15.4. The zero-order valence-electron chi connectivity index (χ0n) is 16.3. The van der Waals surface area contributed by atoms with Gasteiger partial charge in [0.25, 0.3) is 11.6 Å². The van der Waals surface area contributed by atoms with Crippen LogP contribution in [0.1, 0.15) is 27.7 Å². The SMILES string of the molecule is O=C1c2[nH]nc(-c3ccc(Br)cc3)c2[C@@H](c2ccc([N+](=O)[O-])cc2)N1c1ccc(Cl)cc1. The molecule has 0 unspecified atom stereocenters. The van der Waals surface area contributed by atoms with Crippen molar-refractivity contribution in [2.24, 2.45) is 0 Å². The lowest BCUT2D eigenvalue weighted by atomic mass is 9.95. The first kappa shape index (κ1) is 20.4. The van der Waals surface area contributed by atoms with Crippen molar-refractivity contribution < 1.29 is 9.72 Å². The maximum atomic E-state index is 13.4. The molecular weight excluding hydrogens is 496 g/mol. The molecule has 0 aliphatic carbocycles. The van der Waals surface area contributed by atoms with Gasteiger partial charge in [0, 0.05) is 38.4 Å². The van der Waals surface area contributed by atoms with Crippen LogP contribution >= 0.6 is 27.5 Å². The van der Waals surface area contributed by atoms with E-state index in [2.05, 4.69) is 26.1 Å². The van der Waals surface area contributed by atoms with Gasteiger partial charge in [-0.05, 0) is 54.1 Å². The second kappa shape index (κ2) is 7.89. The number of H-pyrrole nitrogens is 1. The van der Waals surface area contributed by atoms with Gasteiger partial charge in [0.2, 0.25) is 0 Å². The van der Waals surface area contributed by atoms with E-state index in [0.717, 1.165) is 21.2 Å². The number of nitro groups is 1. The van der Waals surface area contributed by atoms with Gasteiger partial charge in [-0.1, -0.05) is 39.7 Å². The lowest BCUT2D eigenvalue weighted by molar-refractivity contribution is -0.384. The van der Waals surface area contributed by atoms with Crippen LogP contribution in [0.15, 0.2) is 77.3 Å². The first-order valence-corrected chi connectivity index (χ1v) is 10.8. The van der Waals surface area contributed by atoms with Gasteiger partial charge in [-0.15, -0.1) is 0 Å². The molecule has 1 N–H and O–H groups in total. The number of halogens is 2. The molecule has 0 fully saturated rings. The average molecular weight is 510 g/mol. The maximum Gasteiger partial charge on any atom is 0.277 e. The number of hydrogen-bond acceptors (Lipinski definition) is 4. The molecule has 0 spiro atoms. The molecule has 2 heterocycles. The maximum absolute atomic E-state index is 13.4. The number of amides is 1. The minimum absolute atomic E-state index is 0.0170. The third kappa shape index (κ3) is 3.37. The van der Waals surface area contributed by atoms with E-state index in [1.807, 2.05) is 24.3 Å². The largest absolute Gasteiger partial charge is 0.295 e. The Balaban J connectivity index is 1.70. The highest BCUT2D eigenvalue weighted by molar-refractivity contribution is 9.10. The summed E-state index contributed by atoms with van der Waals surface area (Å²) in [6.45, 7) is 0. The topological polar surface area (TPSA) is 92.1 Å². The number of anilines is 1. The van der Waals surface area contributed by atoms with Crippen molar-refractivity contribution in [3.63, 3.8) is 0 Å². The second-order valence-corrected chi connectivity index (χ2v) is 8.62. The third-order valence-electron chi connectivity index (χ3n) is 5.41. The van der Waals surface area contributed by atoms with Gasteiger partial charge in [-0.25, -0.2) is 0 Å². The summed E-state index contributed by atoms with van der Waals surface area (Å²) in [5, 5.41) is 19.0. The number of aromatic amines is 1. The van der Waals surface area contributed by atoms with Gasteiger partial charge in [0.15, 0.2) is 0 Å². The molecule has 7 nitrogen and oxygen atoms in total. The summed E-state index contributed by atoms with van der Waals surface area (Å²) in [6.07, 6.45) is 0. The number of carbonyl (C=O) groups is 1. The van der Waals surface area contributed by atoms with Crippen molar-refractivity contribution in [3.05, 3.63) is 109 Å². The quantitative estimate of drug-likeness (QED) is 0.264. The monoisotopic (exact) mass is 508 g/mol. The molecule has 1 amide bonds. The predicted molar refractivity (Wildman–Crippen MR) is 125 cm³/mol. The molecule has 0 bridgehead atoms. The lowest BCUT2D eigenvalue weighted by Gasteiger charge is -2.26. The van der Waals surface area contributed by atoms with Crippen molar-refractivity contribution in [1.29, 1.82) is 0 Å². The number of carbonyl (C=O) groups excluding carboxylic acids is 1. The second-order valence-electron chi connectivity index (χ2n) is 7.27. The molecule has 5 rings (SSSR count). The predicted octanol–water partition coefficient (Wildman–Crippen LogP) is 6.15. The lowest BCUT2D eigenvalue weighted by Crippen LogP contribution is -2.29. The van der Waals surface area contributed by atoms with Crippen LogP contribution in [0.3, 0.4) is 0 Å².